The fourth-order valence-electron chi connectivity index (χ4n) is 12.1. The normalized spacial score (nSPS) is 49.5. The first-order chi connectivity index (χ1) is 30.6. The number of carbonyl (C=O) groups is 1. The monoisotopic (exact) mass is 901 g/mol. The van der Waals surface area contributed by atoms with E-state index in [1.54, 1.807) is 40.2 Å². The average Bonchev–Trinajstić information content (AvgIpc) is 3.62. The Kier molecular flexibility index (Phi) is 15.3. The van der Waals surface area contributed by atoms with Crippen LogP contribution in [-0.4, -0.2) is 139 Å². The van der Waals surface area contributed by atoms with E-state index in [1.807, 2.05) is 19.1 Å². The molecular weight excluding hydrogens is 825 g/mol. The van der Waals surface area contributed by atoms with Crippen molar-refractivity contribution >= 4 is 5.97 Å². The van der Waals surface area contributed by atoms with Gasteiger partial charge in [0.2, 0.25) is 0 Å². The Morgan fingerprint density at radius 3 is 2.30 bits per heavy atom. The Hall–Kier alpha value is -2.05. The van der Waals surface area contributed by atoms with Gasteiger partial charge in [-0.25, -0.2) is 0 Å². The third-order valence-corrected chi connectivity index (χ3v) is 15.8. The molecule has 6 heterocycles. The molecule has 1 spiro atoms. The number of fused-ring (bicyclic) bond motifs is 2. The summed E-state index contributed by atoms with van der Waals surface area (Å²) in [5.74, 6) is -1.86. The largest absolute Gasteiger partial charge is 0.462 e. The fraction of sp³-hybridized carbons (Fsp3) is 0.820. The standard InChI is InChI=1S/C50H76O14/c1-27-13-12-16-34-26-57-47-42(51)30(4)21-37(50(34,47)54)48(53)60-36-22-35(63-49(25-36)20-19-29(3)45(64-49)33-14-10-9-11-15-33)18-17-28(2)44(27)61-41-24-39(56-8)46(32(6)59-41)62-40-23-38(55-7)43(52)31(5)58-40/h12-13,16-17,21,27,29,31-33,35-47,51-52,54H,9-11,14-15,18-20,22-26H2,1-8H3/b13-12+,28-17+,34-16+/t27-,29-,31?,32?,35+,36-,37-,38+,39+,40-,41-,42?,43-,44-,45-,46-,47+,49?,50+/m0/s1. The molecule has 6 fully saturated rings. The quantitative estimate of drug-likeness (QED) is 0.197. The first kappa shape index (κ1) is 48.4. The highest BCUT2D eigenvalue weighted by atomic mass is 16.7. The number of aliphatic hydroxyl groups excluding tert-OH is 2. The van der Waals surface area contributed by atoms with Gasteiger partial charge in [0.1, 0.15) is 42.0 Å². The first-order valence-electron chi connectivity index (χ1n) is 24.3. The van der Waals surface area contributed by atoms with Crippen molar-refractivity contribution in [3.8, 4) is 0 Å². The highest BCUT2D eigenvalue weighted by Gasteiger charge is 2.60. The number of rotatable bonds is 7. The SMILES string of the molecule is CO[C@@H]1C[C@H](O[C@H]2C(C)O[C@@H](O[C@@H]3/C(C)=C/C[C@@H]4C[C@@H](CC5(CC[C@H](C)[C@@H](C6CCCCC6)O5)O4)OC(=O)[C@@H]4C=C(C)C(O)[C@H]5OC/C(=C\C=C\[C@@H]3C)[C@]54O)C[C@H]2OC)OC(C)[C@@H]1O. The van der Waals surface area contributed by atoms with Crippen molar-refractivity contribution < 1.29 is 67.5 Å². The Bertz CT molecular complexity index is 1740. The van der Waals surface area contributed by atoms with Gasteiger partial charge in [0.15, 0.2) is 18.4 Å². The summed E-state index contributed by atoms with van der Waals surface area (Å²) in [6.45, 7) is 12.0. The van der Waals surface area contributed by atoms with Crippen molar-refractivity contribution in [2.75, 3.05) is 20.8 Å². The van der Waals surface area contributed by atoms with E-state index in [0.29, 0.717) is 61.5 Å². The lowest BCUT2D eigenvalue weighted by molar-refractivity contribution is -0.342. The Morgan fingerprint density at radius 1 is 0.828 bits per heavy atom. The molecule has 5 saturated heterocycles. The maximum absolute atomic E-state index is 14.5. The maximum Gasteiger partial charge on any atom is 0.316 e. The number of carbonyl (C=O) groups excluding carboxylic acids is 1. The third kappa shape index (κ3) is 9.92. The van der Waals surface area contributed by atoms with Crippen LogP contribution in [0.25, 0.3) is 0 Å². The van der Waals surface area contributed by atoms with Crippen molar-refractivity contribution in [2.24, 2.45) is 23.7 Å². The van der Waals surface area contributed by atoms with Crippen molar-refractivity contribution in [1.82, 2.24) is 0 Å². The van der Waals surface area contributed by atoms with Gasteiger partial charge in [-0.1, -0.05) is 63.5 Å². The van der Waals surface area contributed by atoms with Gasteiger partial charge in [-0.15, -0.1) is 0 Å². The smallest absolute Gasteiger partial charge is 0.316 e. The van der Waals surface area contributed by atoms with E-state index in [-0.39, 0.29) is 30.8 Å². The van der Waals surface area contributed by atoms with Crippen LogP contribution in [-0.2, 0) is 52.2 Å². The molecule has 8 aliphatic rings. The van der Waals surface area contributed by atoms with Gasteiger partial charge in [0.25, 0.3) is 0 Å². The van der Waals surface area contributed by atoms with E-state index < -0.39 is 90.8 Å². The second kappa shape index (κ2) is 20.3. The van der Waals surface area contributed by atoms with E-state index in [2.05, 4.69) is 26.8 Å². The zero-order valence-electron chi connectivity index (χ0n) is 39.3. The van der Waals surface area contributed by atoms with Crippen LogP contribution in [0.1, 0.15) is 119 Å². The van der Waals surface area contributed by atoms with Crippen LogP contribution in [0, 0.1) is 23.7 Å². The lowest BCUT2D eigenvalue weighted by atomic mass is 9.71. The van der Waals surface area contributed by atoms with Crippen LogP contribution in [0.15, 0.2) is 47.1 Å². The Labute approximate surface area is 379 Å². The summed E-state index contributed by atoms with van der Waals surface area (Å²) in [7, 11) is 3.24. The number of methoxy groups -OCH3 is 2. The van der Waals surface area contributed by atoms with Gasteiger partial charge >= 0.3 is 5.97 Å². The lowest BCUT2D eigenvalue weighted by Crippen LogP contribution is -2.58. The van der Waals surface area contributed by atoms with Gasteiger partial charge in [-0.2, -0.15) is 0 Å². The number of hydrogen-bond donors (Lipinski definition) is 3. The lowest BCUT2D eigenvalue weighted by Gasteiger charge is -2.51. The summed E-state index contributed by atoms with van der Waals surface area (Å²) < 4.78 is 64.4. The van der Waals surface area contributed by atoms with Crippen molar-refractivity contribution in [3.63, 3.8) is 0 Å². The molecule has 360 valence electrons. The molecule has 3 N–H and O–H groups in total. The van der Waals surface area contributed by atoms with Crippen LogP contribution in [0.2, 0.25) is 0 Å². The number of aliphatic hydroxyl groups is 3. The van der Waals surface area contributed by atoms with E-state index in [1.165, 1.54) is 19.3 Å². The highest BCUT2D eigenvalue weighted by molar-refractivity contribution is 5.78. The topological polar surface area (TPSA) is 170 Å². The molecule has 0 aromatic heterocycles. The van der Waals surface area contributed by atoms with Gasteiger partial charge in [0.05, 0.1) is 49.3 Å². The molecule has 0 aromatic carbocycles. The molecule has 19 atom stereocenters. The van der Waals surface area contributed by atoms with Crippen molar-refractivity contribution in [2.45, 2.75) is 216 Å². The Morgan fingerprint density at radius 2 is 1.55 bits per heavy atom. The van der Waals surface area contributed by atoms with E-state index in [0.717, 1.165) is 24.8 Å². The molecule has 1 saturated carbocycles. The second-order valence-electron chi connectivity index (χ2n) is 20.4. The van der Waals surface area contributed by atoms with E-state index in [4.69, 9.17) is 47.4 Å². The summed E-state index contributed by atoms with van der Waals surface area (Å²) in [6.07, 6.45) is 11.9. The summed E-state index contributed by atoms with van der Waals surface area (Å²) in [6, 6.07) is 0. The molecular formula is C50H76O14. The maximum atomic E-state index is 14.5. The molecule has 2 bridgehead atoms. The Balaban J connectivity index is 1.08. The molecule has 2 aliphatic carbocycles. The molecule has 14 heteroatoms. The van der Waals surface area contributed by atoms with Crippen LogP contribution in [0.4, 0.5) is 0 Å². The van der Waals surface area contributed by atoms with Gasteiger partial charge in [-0.05, 0) is 81.9 Å². The molecule has 0 amide bonds. The van der Waals surface area contributed by atoms with Gasteiger partial charge < -0.3 is 62.7 Å². The molecule has 64 heavy (non-hydrogen) atoms. The predicted molar refractivity (Wildman–Crippen MR) is 235 cm³/mol. The molecule has 0 radical (unpaired) electrons. The van der Waals surface area contributed by atoms with Crippen LogP contribution >= 0.6 is 0 Å². The average molecular weight is 901 g/mol. The number of allylic oxidation sites excluding steroid dienone is 2. The highest BCUT2D eigenvalue weighted by Crippen LogP contribution is 2.49. The van der Waals surface area contributed by atoms with E-state index in [9.17, 15) is 20.1 Å². The van der Waals surface area contributed by atoms with Gasteiger partial charge in [0, 0.05) is 52.2 Å². The number of hydrogen-bond acceptors (Lipinski definition) is 14. The van der Waals surface area contributed by atoms with Gasteiger partial charge in [-0.3, -0.25) is 4.79 Å². The van der Waals surface area contributed by atoms with Crippen LogP contribution < -0.4 is 0 Å². The van der Waals surface area contributed by atoms with E-state index >= 15 is 0 Å². The van der Waals surface area contributed by atoms with Crippen molar-refractivity contribution in [3.05, 3.63) is 47.1 Å². The number of esters is 1. The zero-order chi connectivity index (χ0) is 45.5. The van der Waals surface area contributed by atoms with Crippen LogP contribution in [0.3, 0.4) is 0 Å². The molecule has 6 aliphatic heterocycles. The molecule has 14 nitrogen and oxygen atoms in total. The summed E-state index contributed by atoms with van der Waals surface area (Å²) >= 11 is 0. The number of ether oxygens (including phenoxy) is 10. The third-order valence-electron chi connectivity index (χ3n) is 15.8. The minimum atomic E-state index is -1.82. The predicted octanol–water partition coefficient (Wildman–Crippen LogP) is 6.14. The first-order valence-corrected chi connectivity index (χ1v) is 24.3. The van der Waals surface area contributed by atoms with Crippen LogP contribution in [0.5, 0.6) is 0 Å². The minimum absolute atomic E-state index is 0.0463. The summed E-state index contributed by atoms with van der Waals surface area (Å²) in [4.78, 5) is 14.5. The van der Waals surface area contributed by atoms with Crippen molar-refractivity contribution in [1.29, 1.82) is 0 Å². The zero-order valence-corrected chi connectivity index (χ0v) is 39.3. The molecule has 8 rings (SSSR count). The minimum Gasteiger partial charge on any atom is -0.462 e. The fourth-order valence-corrected chi connectivity index (χ4v) is 12.1. The molecule has 0 aromatic rings. The summed E-state index contributed by atoms with van der Waals surface area (Å²) in [5, 5.41) is 34.4. The summed E-state index contributed by atoms with van der Waals surface area (Å²) in [5.41, 5.74) is 0.221. The molecule has 4 unspecified atom stereocenters. The second-order valence-corrected chi connectivity index (χ2v) is 20.4.